The number of nitrogens with two attached hydrogens (primary N) is 1. The van der Waals surface area contributed by atoms with Crippen LogP contribution in [0, 0.1) is 0 Å². The Kier molecular flexibility index (Phi) is 6.32. The van der Waals surface area contributed by atoms with Crippen molar-refractivity contribution in [3.63, 3.8) is 0 Å². The zero-order chi connectivity index (χ0) is 11.0. The Morgan fingerprint density at radius 3 is 2.64 bits per heavy atom. The van der Waals surface area contributed by atoms with E-state index in [9.17, 15) is 13.2 Å². The van der Waals surface area contributed by atoms with E-state index >= 15 is 0 Å². The van der Waals surface area contributed by atoms with E-state index in [2.05, 4.69) is 14.3 Å². The molecule has 0 aliphatic carbocycles. The molecule has 0 radical (unpaired) electrons. The molecule has 0 saturated heterocycles. The lowest BCUT2D eigenvalue weighted by atomic mass is 10.7. The van der Waals surface area contributed by atoms with Crippen LogP contribution in [0.2, 0.25) is 0 Å². The van der Waals surface area contributed by atoms with Crippen molar-refractivity contribution in [1.82, 2.24) is 9.61 Å². The van der Waals surface area contributed by atoms with Crippen molar-refractivity contribution < 1.29 is 22.8 Å². The fourth-order valence-corrected chi connectivity index (χ4v) is 1.11. The average molecular weight is 227 g/mol. The third-order valence-electron chi connectivity index (χ3n) is 0.981. The summed E-state index contributed by atoms with van der Waals surface area (Å²) in [5, 5.41) is 0. The van der Waals surface area contributed by atoms with Crippen LogP contribution in [0.25, 0.3) is 0 Å². The van der Waals surface area contributed by atoms with Gasteiger partial charge < -0.3 is 10.5 Å². The predicted octanol–water partition coefficient (Wildman–Crippen LogP) is -2.53. The fourth-order valence-electron chi connectivity index (χ4n) is 0.486. The van der Waals surface area contributed by atoms with Gasteiger partial charge >= 0.3 is 0 Å². The van der Waals surface area contributed by atoms with Crippen molar-refractivity contribution in [3.05, 3.63) is 0 Å². The molecule has 0 spiro atoms. The Morgan fingerprint density at radius 1 is 1.50 bits per heavy atom. The van der Waals surface area contributed by atoms with Gasteiger partial charge in [-0.2, -0.15) is 13.1 Å². The van der Waals surface area contributed by atoms with Gasteiger partial charge in [0, 0.05) is 13.7 Å². The van der Waals surface area contributed by atoms with Gasteiger partial charge in [0.25, 0.3) is 10.2 Å². The predicted molar refractivity (Wildman–Crippen MR) is 47.1 cm³/mol. The summed E-state index contributed by atoms with van der Waals surface area (Å²) in [5.41, 5.74) is 4.70. The highest BCUT2D eigenvalue weighted by Crippen LogP contribution is 1.77. The zero-order valence-corrected chi connectivity index (χ0v) is 8.46. The zero-order valence-electron chi connectivity index (χ0n) is 7.65. The highest BCUT2D eigenvalue weighted by atomic mass is 32.2. The highest BCUT2D eigenvalue weighted by molar-refractivity contribution is 7.87. The lowest BCUT2D eigenvalue weighted by Gasteiger charge is -2.06. The van der Waals surface area contributed by atoms with Crippen LogP contribution < -0.4 is 15.3 Å². The van der Waals surface area contributed by atoms with E-state index < -0.39 is 22.7 Å². The summed E-state index contributed by atoms with van der Waals surface area (Å²) in [6.07, 6.45) is 0. The summed E-state index contributed by atoms with van der Waals surface area (Å²) in [7, 11) is -2.32. The molecule has 1 amide bonds. The lowest BCUT2D eigenvalue weighted by molar-refractivity contribution is -0.123. The number of hydrogen-bond acceptors (Lipinski definition) is 5. The number of carbonyl (C=O) groups is 1. The summed E-state index contributed by atoms with van der Waals surface area (Å²) in [6, 6.07) is 0. The number of rotatable bonds is 8. The Labute approximate surface area is 81.9 Å². The van der Waals surface area contributed by atoms with Crippen molar-refractivity contribution in [2.75, 3.05) is 26.9 Å². The van der Waals surface area contributed by atoms with Crippen LogP contribution in [0.4, 0.5) is 0 Å². The number of carbonyl (C=O) groups excluding carboxylic acids is 1. The second-order valence-electron chi connectivity index (χ2n) is 2.23. The number of methoxy groups -OCH3 is 1. The molecule has 9 heteroatoms. The molecule has 0 saturated carbocycles. The Morgan fingerprint density at radius 2 is 2.14 bits per heavy atom. The second kappa shape index (κ2) is 6.68. The van der Waals surface area contributed by atoms with Gasteiger partial charge in [-0.15, -0.1) is 0 Å². The number of ether oxygens (including phenoxy) is 1. The topological polar surface area (TPSA) is 120 Å². The van der Waals surface area contributed by atoms with Crippen LogP contribution in [0.1, 0.15) is 0 Å². The largest absolute Gasteiger partial charge is 0.383 e. The minimum absolute atomic E-state index is 0.103. The van der Waals surface area contributed by atoms with Crippen molar-refractivity contribution in [1.29, 1.82) is 0 Å². The quantitative estimate of drug-likeness (QED) is 0.312. The van der Waals surface area contributed by atoms with E-state index in [-0.39, 0.29) is 13.2 Å². The fraction of sp³-hybridized carbons (Fsp3) is 0.800. The van der Waals surface area contributed by atoms with Crippen LogP contribution >= 0.6 is 0 Å². The van der Waals surface area contributed by atoms with Gasteiger partial charge in [0.1, 0.15) is 6.61 Å². The molecule has 8 nitrogen and oxygen atoms in total. The minimum Gasteiger partial charge on any atom is -0.383 e. The van der Waals surface area contributed by atoms with Gasteiger partial charge in [0.05, 0.1) is 6.61 Å². The molecule has 0 aliphatic heterocycles. The van der Waals surface area contributed by atoms with E-state index in [4.69, 9.17) is 5.73 Å². The van der Waals surface area contributed by atoms with Crippen molar-refractivity contribution in [3.8, 4) is 0 Å². The minimum atomic E-state index is -3.76. The first-order valence-corrected chi connectivity index (χ1v) is 5.11. The summed E-state index contributed by atoms with van der Waals surface area (Å²) < 4.78 is 28.6. The molecule has 0 aromatic carbocycles. The Hall–Kier alpha value is -0.740. The molecule has 14 heavy (non-hydrogen) atoms. The van der Waals surface area contributed by atoms with Crippen LogP contribution in [0.15, 0.2) is 0 Å². The normalized spacial score (nSPS) is 11.5. The van der Waals surface area contributed by atoms with Crippen LogP contribution in [0.5, 0.6) is 0 Å². The molecular weight excluding hydrogens is 214 g/mol. The first kappa shape index (κ1) is 13.3. The highest BCUT2D eigenvalue weighted by Gasteiger charge is 2.08. The van der Waals surface area contributed by atoms with Crippen LogP contribution in [-0.4, -0.2) is 41.2 Å². The summed E-state index contributed by atoms with van der Waals surface area (Å²) in [6.45, 7) is -0.187. The molecule has 0 aromatic heterocycles. The standard InChI is InChI=1S/C5H13N3O5S/c1-12-3-2-7-14(10,11)8-13-4-5(6)9/h7-8H,2-4H2,1H3,(H2,6,9). The monoisotopic (exact) mass is 227 g/mol. The maximum Gasteiger partial charge on any atom is 0.299 e. The maximum atomic E-state index is 10.9. The van der Waals surface area contributed by atoms with E-state index in [1.165, 1.54) is 7.11 Å². The molecule has 4 N–H and O–H groups in total. The SMILES string of the molecule is COCCNS(=O)(=O)NOCC(N)=O. The van der Waals surface area contributed by atoms with Gasteiger partial charge in [-0.3, -0.25) is 9.63 Å². The summed E-state index contributed by atoms with van der Waals surface area (Å²) in [4.78, 5) is 16.1. The molecule has 0 aromatic rings. The Bertz CT molecular complexity index is 265. The van der Waals surface area contributed by atoms with Gasteiger partial charge in [-0.1, -0.05) is 4.89 Å². The van der Waals surface area contributed by atoms with Crippen molar-refractivity contribution in [2.24, 2.45) is 5.73 Å². The van der Waals surface area contributed by atoms with E-state index in [0.29, 0.717) is 0 Å². The second-order valence-corrected chi connectivity index (χ2v) is 3.69. The molecule has 0 atom stereocenters. The summed E-state index contributed by atoms with van der Waals surface area (Å²) >= 11 is 0. The average Bonchev–Trinajstić information content (AvgIpc) is 2.03. The number of nitrogens with one attached hydrogen (secondary N) is 2. The molecule has 0 rings (SSSR count). The van der Waals surface area contributed by atoms with Crippen LogP contribution in [-0.2, 0) is 24.6 Å². The Balaban J connectivity index is 3.67. The molecule has 84 valence electrons. The molecule has 0 bridgehead atoms. The van der Waals surface area contributed by atoms with E-state index in [0.717, 1.165) is 0 Å². The lowest BCUT2D eigenvalue weighted by Crippen LogP contribution is -2.39. The van der Waals surface area contributed by atoms with Crippen molar-refractivity contribution >= 4 is 16.1 Å². The number of primary amides is 1. The van der Waals surface area contributed by atoms with Crippen LogP contribution in [0.3, 0.4) is 0 Å². The molecule has 0 unspecified atom stereocenters. The number of hydrogen-bond donors (Lipinski definition) is 3. The molecular formula is C5H13N3O5S. The van der Waals surface area contributed by atoms with Gasteiger partial charge in [-0.25, -0.2) is 0 Å². The first-order chi connectivity index (χ1) is 6.48. The first-order valence-electron chi connectivity index (χ1n) is 3.63. The number of amides is 1. The molecule has 0 aliphatic rings. The van der Waals surface area contributed by atoms with Gasteiger partial charge in [-0.05, 0) is 0 Å². The molecule has 0 fully saturated rings. The maximum absolute atomic E-state index is 10.9. The van der Waals surface area contributed by atoms with Gasteiger partial charge in [0.15, 0.2) is 0 Å². The third kappa shape index (κ3) is 7.89. The van der Waals surface area contributed by atoms with Crippen molar-refractivity contribution in [2.45, 2.75) is 0 Å². The van der Waals surface area contributed by atoms with Gasteiger partial charge in [0.2, 0.25) is 5.91 Å². The molecule has 0 heterocycles. The van der Waals surface area contributed by atoms with E-state index in [1.54, 1.807) is 4.89 Å². The smallest absolute Gasteiger partial charge is 0.299 e. The third-order valence-corrected chi connectivity index (χ3v) is 1.90. The summed E-state index contributed by atoms with van der Waals surface area (Å²) in [5.74, 6) is -0.774. The van der Waals surface area contributed by atoms with E-state index in [1.807, 2.05) is 0 Å².